The van der Waals surface area contributed by atoms with Gasteiger partial charge in [-0.3, -0.25) is 4.68 Å². The van der Waals surface area contributed by atoms with Crippen molar-refractivity contribution in [3.8, 4) is 0 Å². The van der Waals surface area contributed by atoms with Crippen LogP contribution < -0.4 is 6.15 Å². The topological polar surface area (TPSA) is 52.8 Å². The van der Waals surface area contributed by atoms with Crippen LogP contribution in [0.4, 0.5) is 0 Å². The largest absolute Gasteiger partial charge is 0.344 e. The van der Waals surface area contributed by atoms with Crippen molar-refractivity contribution in [2.45, 2.75) is 26.3 Å². The highest BCUT2D eigenvalue weighted by atomic mass is 15.3. The Labute approximate surface area is 61.6 Å². The highest BCUT2D eigenvalue weighted by Crippen LogP contribution is 2.09. The molecule has 1 aromatic rings. The molecule has 0 saturated carbocycles. The van der Waals surface area contributed by atoms with Crippen molar-refractivity contribution in [3.05, 3.63) is 18.5 Å². The summed E-state index contributed by atoms with van der Waals surface area (Å²) in [6.45, 7) is 6.38. The average Bonchev–Trinajstić information content (AvgIpc) is 2.08. The van der Waals surface area contributed by atoms with Gasteiger partial charge in [0.25, 0.3) is 0 Å². The highest BCUT2D eigenvalue weighted by Gasteiger charge is 2.10. The smallest absolute Gasteiger partial charge is 0.0543 e. The van der Waals surface area contributed by atoms with Crippen LogP contribution in [0.25, 0.3) is 0 Å². The summed E-state index contributed by atoms with van der Waals surface area (Å²) in [7, 11) is 0. The molecular formula is C7H15N3. The molecule has 0 amide bonds. The summed E-state index contributed by atoms with van der Waals surface area (Å²) in [4.78, 5) is 0. The van der Waals surface area contributed by atoms with Gasteiger partial charge in [-0.2, -0.15) is 5.10 Å². The standard InChI is InChI=1S/C7H12N2.H3N/c1-7(2,3)9-6-4-5-8-9;/h4-6H,1-3H3;1H3. The van der Waals surface area contributed by atoms with Crippen LogP contribution in [-0.2, 0) is 5.54 Å². The summed E-state index contributed by atoms with van der Waals surface area (Å²) in [5, 5.41) is 4.10. The SMILES string of the molecule is CC(C)(C)n1cccn1.N. The third kappa shape index (κ3) is 1.84. The van der Waals surface area contributed by atoms with Crippen LogP contribution in [0.2, 0.25) is 0 Å². The van der Waals surface area contributed by atoms with E-state index < -0.39 is 0 Å². The minimum absolute atomic E-state index is 0. The number of hydrogen-bond donors (Lipinski definition) is 1. The van der Waals surface area contributed by atoms with Crippen LogP contribution >= 0.6 is 0 Å². The zero-order valence-electron chi connectivity index (χ0n) is 6.83. The van der Waals surface area contributed by atoms with Crippen molar-refractivity contribution in [2.75, 3.05) is 0 Å². The second-order valence-electron chi connectivity index (χ2n) is 3.12. The highest BCUT2D eigenvalue weighted by molar-refractivity contribution is 4.83. The van der Waals surface area contributed by atoms with E-state index in [0.717, 1.165) is 0 Å². The molecule has 0 saturated heterocycles. The van der Waals surface area contributed by atoms with Crippen molar-refractivity contribution < 1.29 is 0 Å². The maximum absolute atomic E-state index is 4.10. The second kappa shape index (κ2) is 2.84. The van der Waals surface area contributed by atoms with Crippen LogP contribution in [0.1, 0.15) is 20.8 Å². The fourth-order valence-corrected chi connectivity index (χ4v) is 0.666. The molecule has 0 unspecified atom stereocenters. The minimum Gasteiger partial charge on any atom is -0.344 e. The van der Waals surface area contributed by atoms with Gasteiger partial charge in [-0.1, -0.05) is 0 Å². The molecule has 0 atom stereocenters. The number of hydrogen-bond acceptors (Lipinski definition) is 2. The first-order valence-electron chi connectivity index (χ1n) is 3.11. The quantitative estimate of drug-likeness (QED) is 0.599. The van der Waals surface area contributed by atoms with Gasteiger partial charge in [0.15, 0.2) is 0 Å². The average molecular weight is 141 g/mol. The molecule has 0 aliphatic rings. The second-order valence-corrected chi connectivity index (χ2v) is 3.12. The van der Waals surface area contributed by atoms with Gasteiger partial charge in [-0.25, -0.2) is 0 Å². The third-order valence-electron chi connectivity index (χ3n) is 1.19. The first-order valence-corrected chi connectivity index (χ1v) is 3.11. The molecule has 0 aliphatic carbocycles. The van der Waals surface area contributed by atoms with Gasteiger partial charge in [0.05, 0.1) is 5.54 Å². The van der Waals surface area contributed by atoms with Crippen molar-refractivity contribution in [1.82, 2.24) is 15.9 Å². The molecule has 1 rings (SSSR count). The number of aromatic nitrogens is 2. The van der Waals surface area contributed by atoms with E-state index in [2.05, 4.69) is 25.9 Å². The molecule has 0 radical (unpaired) electrons. The zero-order valence-corrected chi connectivity index (χ0v) is 6.83. The summed E-state index contributed by atoms with van der Waals surface area (Å²) in [5.41, 5.74) is 0.128. The third-order valence-corrected chi connectivity index (χ3v) is 1.19. The number of rotatable bonds is 0. The lowest BCUT2D eigenvalue weighted by Crippen LogP contribution is -2.21. The van der Waals surface area contributed by atoms with E-state index in [1.807, 2.05) is 16.9 Å². The Morgan fingerprint density at radius 3 is 2.10 bits per heavy atom. The van der Waals surface area contributed by atoms with Crippen molar-refractivity contribution >= 4 is 0 Å². The summed E-state index contributed by atoms with van der Waals surface area (Å²) >= 11 is 0. The first-order chi connectivity index (χ1) is 4.11. The monoisotopic (exact) mass is 141 g/mol. The molecule has 3 heteroatoms. The molecule has 0 aromatic carbocycles. The van der Waals surface area contributed by atoms with E-state index in [1.165, 1.54) is 0 Å². The predicted molar refractivity (Wildman–Crippen MR) is 42.2 cm³/mol. The fraction of sp³-hybridized carbons (Fsp3) is 0.571. The molecule has 1 heterocycles. The van der Waals surface area contributed by atoms with E-state index in [1.54, 1.807) is 6.20 Å². The zero-order chi connectivity index (χ0) is 6.91. The van der Waals surface area contributed by atoms with Gasteiger partial charge < -0.3 is 6.15 Å². The number of nitrogens with zero attached hydrogens (tertiary/aromatic N) is 2. The lowest BCUT2D eigenvalue weighted by molar-refractivity contribution is 0.355. The van der Waals surface area contributed by atoms with E-state index >= 15 is 0 Å². The Hall–Kier alpha value is -0.830. The van der Waals surface area contributed by atoms with Crippen molar-refractivity contribution in [3.63, 3.8) is 0 Å². The minimum atomic E-state index is 0. The summed E-state index contributed by atoms with van der Waals surface area (Å²) in [5.74, 6) is 0. The van der Waals surface area contributed by atoms with Gasteiger partial charge in [-0.15, -0.1) is 0 Å². The Morgan fingerprint density at radius 1 is 1.30 bits per heavy atom. The van der Waals surface area contributed by atoms with Crippen molar-refractivity contribution in [2.24, 2.45) is 0 Å². The van der Waals surface area contributed by atoms with E-state index in [0.29, 0.717) is 0 Å². The predicted octanol–water partition coefficient (Wildman–Crippen LogP) is 1.80. The lowest BCUT2D eigenvalue weighted by Gasteiger charge is -2.18. The summed E-state index contributed by atoms with van der Waals surface area (Å²) in [6.07, 6.45) is 3.77. The van der Waals surface area contributed by atoms with Gasteiger partial charge in [0, 0.05) is 12.4 Å². The van der Waals surface area contributed by atoms with Gasteiger partial charge in [-0.05, 0) is 26.8 Å². The molecule has 58 valence electrons. The molecular weight excluding hydrogens is 126 g/mol. The maximum atomic E-state index is 4.10. The van der Waals surface area contributed by atoms with Crippen molar-refractivity contribution in [1.29, 1.82) is 0 Å². The Morgan fingerprint density at radius 2 is 1.90 bits per heavy atom. The molecule has 3 nitrogen and oxygen atoms in total. The molecule has 0 fully saturated rings. The van der Waals surface area contributed by atoms with Crippen LogP contribution in [0, 0.1) is 0 Å². The Kier molecular flexibility index (Phi) is 2.60. The molecule has 0 aliphatic heterocycles. The molecule has 0 bridgehead atoms. The van der Waals surface area contributed by atoms with Gasteiger partial charge in [0.1, 0.15) is 0 Å². The summed E-state index contributed by atoms with van der Waals surface area (Å²) < 4.78 is 1.94. The van der Waals surface area contributed by atoms with E-state index in [9.17, 15) is 0 Å². The van der Waals surface area contributed by atoms with E-state index in [-0.39, 0.29) is 11.7 Å². The molecule has 1 aromatic heterocycles. The van der Waals surface area contributed by atoms with Crippen LogP contribution in [0.15, 0.2) is 18.5 Å². The Bertz CT molecular complexity index is 171. The van der Waals surface area contributed by atoms with Gasteiger partial charge >= 0.3 is 0 Å². The molecule has 10 heavy (non-hydrogen) atoms. The lowest BCUT2D eigenvalue weighted by atomic mass is 10.1. The van der Waals surface area contributed by atoms with Crippen LogP contribution in [0.5, 0.6) is 0 Å². The normalized spacial score (nSPS) is 10.7. The van der Waals surface area contributed by atoms with Crippen LogP contribution in [-0.4, -0.2) is 9.78 Å². The maximum Gasteiger partial charge on any atom is 0.0543 e. The van der Waals surface area contributed by atoms with Crippen LogP contribution in [0.3, 0.4) is 0 Å². The molecule has 0 spiro atoms. The fourth-order valence-electron chi connectivity index (χ4n) is 0.666. The first kappa shape index (κ1) is 9.17. The van der Waals surface area contributed by atoms with Gasteiger partial charge in [0.2, 0.25) is 0 Å². The molecule has 3 N–H and O–H groups in total. The summed E-state index contributed by atoms with van der Waals surface area (Å²) in [6, 6.07) is 1.94. The Balaban J connectivity index is 0.000000810. The van der Waals surface area contributed by atoms with E-state index in [4.69, 9.17) is 0 Å².